The quantitative estimate of drug-likeness (QED) is 0.504. The third-order valence-electron chi connectivity index (χ3n) is 4.24. The van der Waals surface area contributed by atoms with Crippen LogP contribution < -0.4 is 5.32 Å². The monoisotopic (exact) mass is 376 g/mol. The van der Waals surface area contributed by atoms with E-state index in [1.54, 1.807) is 23.5 Å². The Morgan fingerprint density at radius 1 is 1.04 bits per heavy atom. The summed E-state index contributed by atoms with van der Waals surface area (Å²) in [6.45, 7) is 2.07. The number of carbonyl (C=O) groups excluding carboxylic acids is 1. The van der Waals surface area contributed by atoms with Gasteiger partial charge >= 0.3 is 0 Å². The average Bonchev–Trinajstić information content (AvgIpc) is 3.07. The minimum Gasteiger partial charge on any atom is -0.326 e. The maximum Gasteiger partial charge on any atom is 0.228 e. The van der Waals surface area contributed by atoms with E-state index in [9.17, 15) is 9.18 Å². The number of anilines is 1. The van der Waals surface area contributed by atoms with Gasteiger partial charge in [-0.3, -0.25) is 4.79 Å². The number of carbonyl (C=O) groups is 1. The summed E-state index contributed by atoms with van der Waals surface area (Å²) in [6.07, 6.45) is 0.208. The normalized spacial score (nSPS) is 10.9. The van der Waals surface area contributed by atoms with E-state index in [0.717, 1.165) is 27.3 Å². The number of hydrogen-bond donors (Lipinski definition) is 1. The first-order valence-corrected chi connectivity index (χ1v) is 9.40. The molecule has 0 saturated carbocycles. The summed E-state index contributed by atoms with van der Waals surface area (Å²) < 4.78 is 14.1. The Labute approximate surface area is 160 Å². The molecule has 0 aliphatic heterocycles. The molecule has 0 fully saturated rings. The lowest BCUT2D eigenvalue weighted by atomic mass is 10.1. The molecule has 0 atom stereocenters. The smallest absolute Gasteiger partial charge is 0.228 e. The Bertz CT molecular complexity index is 1100. The summed E-state index contributed by atoms with van der Waals surface area (Å²) >= 11 is 1.66. The maximum absolute atomic E-state index is 12.9. The number of hydrogen-bond acceptors (Lipinski definition) is 3. The number of aromatic nitrogens is 1. The lowest BCUT2D eigenvalue weighted by Gasteiger charge is -2.06. The van der Waals surface area contributed by atoms with Crippen LogP contribution in [0.25, 0.3) is 20.8 Å². The first-order chi connectivity index (χ1) is 13.1. The molecule has 4 rings (SSSR count). The summed E-state index contributed by atoms with van der Waals surface area (Å²) in [5, 5.41) is 3.83. The summed E-state index contributed by atoms with van der Waals surface area (Å²) in [5.41, 5.74) is 4.73. The van der Waals surface area contributed by atoms with Crippen molar-refractivity contribution >= 4 is 33.1 Å². The van der Waals surface area contributed by atoms with Crippen molar-refractivity contribution in [3.05, 3.63) is 83.7 Å². The molecule has 1 N–H and O–H groups in total. The number of aryl methyl sites for hydroxylation is 1. The first kappa shape index (κ1) is 17.4. The number of benzene rings is 3. The van der Waals surface area contributed by atoms with Crippen molar-refractivity contribution in [1.82, 2.24) is 4.98 Å². The van der Waals surface area contributed by atoms with E-state index in [-0.39, 0.29) is 18.1 Å². The predicted molar refractivity (Wildman–Crippen MR) is 109 cm³/mol. The van der Waals surface area contributed by atoms with E-state index in [1.807, 2.05) is 30.3 Å². The molecular formula is C22H17FN2OS. The molecule has 1 heterocycles. The van der Waals surface area contributed by atoms with E-state index >= 15 is 0 Å². The van der Waals surface area contributed by atoms with Crippen LogP contribution in [0.4, 0.5) is 10.1 Å². The molecular weight excluding hydrogens is 359 g/mol. The largest absolute Gasteiger partial charge is 0.326 e. The molecule has 4 aromatic rings. The molecule has 3 aromatic carbocycles. The molecule has 27 heavy (non-hydrogen) atoms. The van der Waals surface area contributed by atoms with Crippen LogP contribution in [0.1, 0.15) is 11.1 Å². The molecule has 0 aliphatic carbocycles. The number of halogens is 1. The molecule has 0 bridgehead atoms. The van der Waals surface area contributed by atoms with Gasteiger partial charge in [-0.1, -0.05) is 18.2 Å². The van der Waals surface area contributed by atoms with E-state index in [1.165, 1.54) is 22.4 Å². The lowest BCUT2D eigenvalue weighted by molar-refractivity contribution is -0.115. The summed E-state index contributed by atoms with van der Waals surface area (Å²) in [7, 11) is 0. The van der Waals surface area contributed by atoms with Crippen LogP contribution in [0, 0.1) is 12.7 Å². The molecule has 1 amide bonds. The molecule has 134 valence electrons. The molecule has 0 unspecified atom stereocenters. The molecule has 0 aliphatic rings. The third kappa shape index (κ3) is 4.04. The van der Waals surface area contributed by atoms with Crippen molar-refractivity contribution in [1.29, 1.82) is 0 Å². The summed E-state index contributed by atoms with van der Waals surface area (Å²) in [4.78, 5) is 16.8. The van der Waals surface area contributed by atoms with Crippen LogP contribution in [0.5, 0.6) is 0 Å². The van der Waals surface area contributed by atoms with E-state index < -0.39 is 0 Å². The fourth-order valence-corrected chi connectivity index (χ4v) is 3.91. The van der Waals surface area contributed by atoms with Crippen LogP contribution in [0.15, 0.2) is 66.7 Å². The third-order valence-corrected chi connectivity index (χ3v) is 5.30. The van der Waals surface area contributed by atoms with Crippen LogP contribution in [0.3, 0.4) is 0 Å². The summed E-state index contributed by atoms with van der Waals surface area (Å²) in [5.74, 6) is -0.440. The standard InChI is InChI=1S/C22H17FN2OS/c1-14-2-11-19-20(12-14)27-22(25-19)16-5-9-18(10-6-16)24-21(26)13-15-3-7-17(23)8-4-15/h2-12H,13H2,1H3,(H,24,26). The van der Waals surface area contributed by atoms with Gasteiger partial charge in [0.15, 0.2) is 0 Å². The zero-order valence-corrected chi connectivity index (χ0v) is 15.5. The Hall–Kier alpha value is -3.05. The molecule has 0 spiro atoms. The Morgan fingerprint density at radius 3 is 2.52 bits per heavy atom. The number of fused-ring (bicyclic) bond motifs is 1. The Balaban J connectivity index is 1.46. The Morgan fingerprint density at radius 2 is 1.78 bits per heavy atom. The second-order valence-corrected chi connectivity index (χ2v) is 7.45. The van der Waals surface area contributed by atoms with Gasteiger partial charge in [-0.15, -0.1) is 11.3 Å². The van der Waals surface area contributed by atoms with Crippen molar-refractivity contribution in [2.75, 3.05) is 5.32 Å². The number of thiazole rings is 1. The molecule has 3 nitrogen and oxygen atoms in total. The maximum atomic E-state index is 12.9. The Kier molecular flexibility index (Phi) is 4.69. The van der Waals surface area contributed by atoms with Gasteiger partial charge in [0.2, 0.25) is 5.91 Å². The minimum absolute atomic E-state index is 0.134. The minimum atomic E-state index is -0.306. The van der Waals surface area contributed by atoms with Crippen molar-refractivity contribution in [3.63, 3.8) is 0 Å². The fourth-order valence-electron chi connectivity index (χ4n) is 2.84. The number of amides is 1. The summed E-state index contributed by atoms with van der Waals surface area (Å²) in [6, 6.07) is 19.8. The van der Waals surface area contributed by atoms with Crippen LogP contribution in [0.2, 0.25) is 0 Å². The van der Waals surface area contributed by atoms with Gasteiger partial charge in [0.05, 0.1) is 16.6 Å². The highest BCUT2D eigenvalue weighted by Gasteiger charge is 2.08. The zero-order valence-electron chi connectivity index (χ0n) is 14.7. The number of rotatable bonds is 4. The molecule has 5 heteroatoms. The predicted octanol–water partition coefficient (Wildman–Crippen LogP) is 5.59. The van der Waals surface area contributed by atoms with E-state index in [2.05, 4.69) is 29.4 Å². The average molecular weight is 376 g/mol. The second-order valence-electron chi connectivity index (χ2n) is 6.42. The van der Waals surface area contributed by atoms with Crippen molar-refractivity contribution < 1.29 is 9.18 Å². The lowest BCUT2D eigenvalue weighted by Crippen LogP contribution is -2.14. The molecule has 1 aromatic heterocycles. The fraction of sp³-hybridized carbons (Fsp3) is 0.0909. The van der Waals surface area contributed by atoms with E-state index in [4.69, 9.17) is 0 Å². The van der Waals surface area contributed by atoms with Gasteiger partial charge in [-0.2, -0.15) is 0 Å². The highest BCUT2D eigenvalue weighted by molar-refractivity contribution is 7.21. The highest BCUT2D eigenvalue weighted by Crippen LogP contribution is 2.31. The van der Waals surface area contributed by atoms with Crippen LogP contribution >= 0.6 is 11.3 Å². The van der Waals surface area contributed by atoms with Crippen LogP contribution in [-0.2, 0) is 11.2 Å². The zero-order chi connectivity index (χ0) is 18.8. The second kappa shape index (κ2) is 7.29. The van der Waals surface area contributed by atoms with Gasteiger partial charge in [0, 0.05) is 11.3 Å². The van der Waals surface area contributed by atoms with Gasteiger partial charge in [-0.05, 0) is 66.6 Å². The highest BCUT2D eigenvalue weighted by atomic mass is 32.1. The van der Waals surface area contributed by atoms with Crippen LogP contribution in [-0.4, -0.2) is 10.9 Å². The topological polar surface area (TPSA) is 42.0 Å². The van der Waals surface area contributed by atoms with Gasteiger partial charge < -0.3 is 5.32 Å². The van der Waals surface area contributed by atoms with E-state index in [0.29, 0.717) is 0 Å². The molecule has 0 saturated heterocycles. The first-order valence-electron chi connectivity index (χ1n) is 8.59. The van der Waals surface area contributed by atoms with Crippen molar-refractivity contribution in [2.45, 2.75) is 13.3 Å². The van der Waals surface area contributed by atoms with Crippen molar-refractivity contribution in [3.8, 4) is 10.6 Å². The van der Waals surface area contributed by atoms with Gasteiger partial charge in [0.25, 0.3) is 0 Å². The number of nitrogens with one attached hydrogen (secondary N) is 1. The van der Waals surface area contributed by atoms with Crippen molar-refractivity contribution in [2.24, 2.45) is 0 Å². The molecule has 0 radical (unpaired) electrons. The van der Waals surface area contributed by atoms with Gasteiger partial charge in [-0.25, -0.2) is 9.37 Å². The van der Waals surface area contributed by atoms with Gasteiger partial charge in [0.1, 0.15) is 10.8 Å². The SMILES string of the molecule is Cc1ccc2nc(-c3ccc(NC(=O)Cc4ccc(F)cc4)cc3)sc2c1. The number of nitrogens with zero attached hydrogens (tertiary/aromatic N) is 1.